The fourth-order valence-electron chi connectivity index (χ4n) is 0.424. The summed E-state index contributed by atoms with van der Waals surface area (Å²) < 4.78 is 0. The van der Waals surface area contributed by atoms with E-state index in [1.807, 2.05) is 6.92 Å². The van der Waals surface area contributed by atoms with Crippen LogP contribution in [0.4, 0.5) is 0 Å². The molecule has 0 saturated carbocycles. The van der Waals surface area contributed by atoms with Gasteiger partial charge in [-0.1, -0.05) is 36.2 Å². The average molecular weight is 181 g/mol. The Labute approximate surface area is 59.2 Å². The molecule has 0 aliphatic heterocycles. The Balaban J connectivity index is 3.29. The van der Waals surface area contributed by atoms with Gasteiger partial charge in [-0.15, -0.1) is 0 Å². The second kappa shape index (κ2) is 4.33. The number of hydrogen-bond donors (Lipinski definition) is 1. The molecule has 50 valence electrons. The van der Waals surface area contributed by atoms with Crippen molar-refractivity contribution in [3.8, 4) is 0 Å². The van der Waals surface area contributed by atoms with Crippen LogP contribution in [0.3, 0.4) is 0 Å². The predicted molar refractivity (Wildman–Crippen MR) is 39.3 cm³/mol. The molecule has 0 aromatic heterocycles. The van der Waals surface area contributed by atoms with Crippen molar-refractivity contribution in [3.63, 3.8) is 0 Å². The minimum Gasteiger partial charge on any atom is -0.392 e. The van der Waals surface area contributed by atoms with Gasteiger partial charge < -0.3 is 5.11 Å². The second-order valence-corrected chi connectivity index (χ2v) is 2.75. The van der Waals surface area contributed by atoms with Crippen LogP contribution in [0.2, 0.25) is 0 Å². The maximum atomic E-state index is 9.08. The summed E-state index contributed by atoms with van der Waals surface area (Å²) in [4.78, 5) is 0. The molecule has 0 bridgehead atoms. The zero-order valence-electron chi connectivity index (χ0n) is 5.39. The maximum absolute atomic E-state index is 9.08. The first-order chi connectivity index (χ1) is 3.72. The summed E-state index contributed by atoms with van der Waals surface area (Å²) in [6.45, 7) is 4.13. The second-order valence-electron chi connectivity index (χ2n) is 2.11. The van der Waals surface area contributed by atoms with Crippen molar-refractivity contribution in [1.82, 2.24) is 0 Å². The Morgan fingerprint density at radius 3 is 2.25 bits per heavy atom. The van der Waals surface area contributed by atoms with Crippen LogP contribution in [-0.2, 0) is 0 Å². The Bertz CT molecular complexity index is 48.5. The lowest BCUT2D eigenvalue weighted by atomic mass is 10.0. The van der Waals surface area contributed by atoms with Crippen LogP contribution in [0.1, 0.15) is 20.3 Å². The minimum absolute atomic E-state index is 0.167. The lowest BCUT2D eigenvalue weighted by Crippen LogP contribution is -2.17. The van der Waals surface area contributed by atoms with Crippen LogP contribution in [0, 0.1) is 5.92 Å². The molecular formula is C6H13BrO. The van der Waals surface area contributed by atoms with E-state index in [-0.39, 0.29) is 6.10 Å². The van der Waals surface area contributed by atoms with Crippen LogP contribution < -0.4 is 0 Å². The first kappa shape index (κ1) is 8.44. The highest BCUT2D eigenvalue weighted by Gasteiger charge is 2.08. The summed E-state index contributed by atoms with van der Waals surface area (Å²) in [6.07, 6.45) is 0.882. The summed E-state index contributed by atoms with van der Waals surface area (Å²) in [6, 6.07) is 0. The van der Waals surface area contributed by atoms with Crippen LogP contribution in [0.15, 0.2) is 0 Å². The van der Waals surface area contributed by atoms with Crippen LogP contribution in [-0.4, -0.2) is 16.5 Å². The Morgan fingerprint density at radius 1 is 1.62 bits per heavy atom. The van der Waals surface area contributed by atoms with Crippen molar-refractivity contribution in [3.05, 3.63) is 0 Å². The molecule has 0 aliphatic rings. The molecule has 0 aromatic rings. The van der Waals surface area contributed by atoms with Crippen molar-refractivity contribution >= 4 is 15.9 Å². The van der Waals surface area contributed by atoms with Gasteiger partial charge in [-0.25, -0.2) is 0 Å². The van der Waals surface area contributed by atoms with Crippen molar-refractivity contribution < 1.29 is 5.11 Å². The highest BCUT2D eigenvalue weighted by Crippen LogP contribution is 2.08. The molecule has 1 nitrogen and oxygen atoms in total. The van der Waals surface area contributed by atoms with Crippen molar-refractivity contribution in [1.29, 1.82) is 0 Å². The zero-order chi connectivity index (χ0) is 6.57. The van der Waals surface area contributed by atoms with E-state index < -0.39 is 0 Å². The number of alkyl halides is 1. The number of aliphatic hydroxyl groups excluding tert-OH is 1. The molecule has 8 heavy (non-hydrogen) atoms. The SMILES string of the molecule is CCC(C)C(O)CBr. The molecule has 2 heteroatoms. The van der Waals surface area contributed by atoms with E-state index in [9.17, 15) is 0 Å². The fraction of sp³-hybridized carbons (Fsp3) is 1.00. The quantitative estimate of drug-likeness (QED) is 0.658. The molecule has 0 heterocycles. The first-order valence-corrected chi connectivity index (χ1v) is 4.08. The van der Waals surface area contributed by atoms with E-state index in [1.54, 1.807) is 0 Å². The van der Waals surface area contributed by atoms with E-state index in [2.05, 4.69) is 22.9 Å². The Morgan fingerprint density at radius 2 is 2.12 bits per heavy atom. The van der Waals surface area contributed by atoms with Crippen molar-refractivity contribution in [2.45, 2.75) is 26.4 Å². The molecule has 0 saturated heterocycles. The number of halogens is 1. The lowest BCUT2D eigenvalue weighted by molar-refractivity contribution is 0.138. The molecule has 0 aromatic carbocycles. The van der Waals surface area contributed by atoms with E-state index in [0.29, 0.717) is 11.2 Å². The smallest absolute Gasteiger partial charge is 0.0662 e. The molecule has 1 N–H and O–H groups in total. The monoisotopic (exact) mass is 180 g/mol. The van der Waals surface area contributed by atoms with Crippen molar-refractivity contribution in [2.75, 3.05) is 5.33 Å². The Hall–Kier alpha value is 0.440. The van der Waals surface area contributed by atoms with Crippen LogP contribution in [0.25, 0.3) is 0 Å². The molecule has 0 spiro atoms. The summed E-state index contributed by atoms with van der Waals surface area (Å²) in [5.74, 6) is 0.425. The van der Waals surface area contributed by atoms with Crippen LogP contribution >= 0.6 is 15.9 Å². The maximum Gasteiger partial charge on any atom is 0.0662 e. The third kappa shape index (κ3) is 2.68. The third-order valence-corrected chi connectivity index (χ3v) is 2.12. The van der Waals surface area contributed by atoms with Gasteiger partial charge in [0.15, 0.2) is 0 Å². The highest BCUT2D eigenvalue weighted by atomic mass is 79.9. The van der Waals surface area contributed by atoms with Gasteiger partial charge in [0.2, 0.25) is 0 Å². The number of hydrogen-bond acceptors (Lipinski definition) is 1. The largest absolute Gasteiger partial charge is 0.392 e. The minimum atomic E-state index is -0.167. The summed E-state index contributed by atoms with van der Waals surface area (Å²) in [5.41, 5.74) is 0. The molecule has 0 radical (unpaired) electrons. The molecular weight excluding hydrogens is 168 g/mol. The summed E-state index contributed by atoms with van der Waals surface area (Å²) in [7, 11) is 0. The van der Waals surface area contributed by atoms with Gasteiger partial charge in [-0.3, -0.25) is 0 Å². The molecule has 0 amide bonds. The van der Waals surface area contributed by atoms with Gasteiger partial charge >= 0.3 is 0 Å². The first-order valence-electron chi connectivity index (χ1n) is 2.96. The standard InChI is InChI=1S/C6H13BrO/c1-3-5(2)6(8)4-7/h5-6,8H,3-4H2,1-2H3. The Kier molecular flexibility index (Phi) is 4.57. The average Bonchev–Trinajstić information content (AvgIpc) is 1.84. The van der Waals surface area contributed by atoms with Gasteiger partial charge in [0.25, 0.3) is 0 Å². The molecule has 2 atom stereocenters. The molecule has 0 aliphatic carbocycles. The zero-order valence-corrected chi connectivity index (χ0v) is 6.98. The van der Waals surface area contributed by atoms with Gasteiger partial charge in [0.05, 0.1) is 6.10 Å². The van der Waals surface area contributed by atoms with Gasteiger partial charge in [0.1, 0.15) is 0 Å². The number of aliphatic hydroxyl groups is 1. The third-order valence-electron chi connectivity index (χ3n) is 1.46. The van der Waals surface area contributed by atoms with Gasteiger partial charge in [-0.05, 0) is 5.92 Å². The van der Waals surface area contributed by atoms with Gasteiger partial charge in [-0.2, -0.15) is 0 Å². The van der Waals surface area contributed by atoms with Crippen LogP contribution in [0.5, 0.6) is 0 Å². The molecule has 0 fully saturated rings. The number of rotatable bonds is 3. The topological polar surface area (TPSA) is 20.2 Å². The van der Waals surface area contributed by atoms with Gasteiger partial charge in [0, 0.05) is 5.33 Å². The van der Waals surface area contributed by atoms with E-state index in [0.717, 1.165) is 6.42 Å². The van der Waals surface area contributed by atoms with E-state index >= 15 is 0 Å². The summed E-state index contributed by atoms with van der Waals surface area (Å²) >= 11 is 3.21. The van der Waals surface area contributed by atoms with Crippen molar-refractivity contribution in [2.24, 2.45) is 5.92 Å². The predicted octanol–water partition coefficient (Wildman–Crippen LogP) is 1.79. The lowest BCUT2D eigenvalue weighted by Gasteiger charge is -2.12. The normalized spacial score (nSPS) is 18.0. The fourth-order valence-corrected chi connectivity index (χ4v) is 1.06. The summed E-state index contributed by atoms with van der Waals surface area (Å²) in [5, 5.41) is 9.78. The molecule has 0 rings (SSSR count). The molecule has 2 unspecified atom stereocenters. The van der Waals surface area contributed by atoms with E-state index in [4.69, 9.17) is 5.11 Å². The van der Waals surface area contributed by atoms with E-state index in [1.165, 1.54) is 0 Å². The highest BCUT2D eigenvalue weighted by molar-refractivity contribution is 9.09.